The molecule has 8 nitrogen and oxygen atoms in total. The van der Waals surface area contributed by atoms with Crippen LogP contribution >= 0.6 is 15.9 Å². The predicted octanol–water partition coefficient (Wildman–Crippen LogP) is 7.77. The lowest BCUT2D eigenvalue weighted by molar-refractivity contribution is 0.0696. The van der Waals surface area contributed by atoms with Gasteiger partial charge in [0, 0.05) is 33.0 Å². The summed E-state index contributed by atoms with van der Waals surface area (Å²) in [6, 6.07) is 22.2. The van der Waals surface area contributed by atoms with E-state index in [9.17, 15) is 14.7 Å². The van der Waals surface area contributed by atoms with Crippen molar-refractivity contribution in [3.05, 3.63) is 122 Å². The molecule has 224 valence electrons. The van der Waals surface area contributed by atoms with Gasteiger partial charge in [0.05, 0.1) is 22.7 Å². The summed E-state index contributed by atoms with van der Waals surface area (Å²) in [7, 11) is 0. The maximum absolute atomic E-state index is 13.7. The van der Waals surface area contributed by atoms with Crippen LogP contribution < -0.4 is 10.3 Å². The van der Waals surface area contributed by atoms with E-state index < -0.39 is 5.97 Å². The molecule has 1 aliphatic carbocycles. The molecule has 0 bridgehead atoms. The molecule has 1 saturated carbocycles. The Morgan fingerprint density at radius 3 is 2.57 bits per heavy atom. The summed E-state index contributed by atoms with van der Waals surface area (Å²) >= 11 is 3.49. The molecule has 0 spiro atoms. The maximum atomic E-state index is 13.7. The summed E-state index contributed by atoms with van der Waals surface area (Å²) in [5.74, 6) is 0.663. The first kappa shape index (κ1) is 29.6. The van der Waals surface area contributed by atoms with E-state index >= 15 is 0 Å². The van der Waals surface area contributed by atoms with Crippen molar-refractivity contribution in [2.24, 2.45) is 5.10 Å². The van der Waals surface area contributed by atoms with Crippen molar-refractivity contribution in [2.75, 3.05) is 0 Å². The number of aromatic carboxylic acids is 1. The number of ether oxygens (including phenoxy) is 1. The fraction of sp³-hybridized carbons (Fsp3) is 0.257. The Morgan fingerprint density at radius 2 is 1.82 bits per heavy atom. The predicted molar refractivity (Wildman–Crippen MR) is 175 cm³/mol. The van der Waals surface area contributed by atoms with Gasteiger partial charge in [-0.25, -0.2) is 9.78 Å². The largest absolute Gasteiger partial charge is 0.489 e. The zero-order valence-electron chi connectivity index (χ0n) is 24.7. The number of aryl methyl sites for hydroxylation is 1. The lowest BCUT2D eigenvalue weighted by Crippen LogP contribution is -2.25. The van der Waals surface area contributed by atoms with Gasteiger partial charge >= 0.3 is 5.97 Å². The number of fused-ring (bicyclic) bond motifs is 1. The van der Waals surface area contributed by atoms with Gasteiger partial charge in [-0.1, -0.05) is 47.3 Å². The quantitative estimate of drug-likeness (QED) is 0.173. The molecule has 1 aliphatic rings. The number of hydrogen-bond acceptors (Lipinski definition) is 5. The van der Waals surface area contributed by atoms with Crippen molar-refractivity contribution in [3.8, 4) is 11.4 Å². The fourth-order valence-corrected chi connectivity index (χ4v) is 6.35. The number of halogens is 1. The van der Waals surface area contributed by atoms with Crippen LogP contribution in [-0.4, -0.2) is 31.5 Å². The zero-order chi connectivity index (χ0) is 30.8. The standard InChI is InChI=1S/C35H33BrN4O4/c1-22-17-27(20-37-40-33(25-8-4-3-5-9-25)38-32-16-11-28(36)19-31(32)34(40)41)23(2)39(22)29-12-14-30(15-13-29)44-21-24-7-6-10-26(18-24)35(42)43/h6-7,10-20,25H,3-5,8-9,21H2,1-2H3,(H,42,43). The molecule has 9 heteroatoms. The Labute approximate surface area is 263 Å². The van der Waals surface area contributed by atoms with E-state index in [0.29, 0.717) is 16.7 Å². The number of rotatable bonds is 8. The average molecular weight is 654 g/mol. The van der Waals surface area contributed by atoms with Gasteiger partial charge in [-0.15, -0.1) is 0 Å². The number of carboxylic acids is 1. The molecule has 2 aromatic heterocycles. The number of carbonyl (C=O) groups is 1. The summed E-state index contributed by atoms with van der Waals surface area (Å²) in [6.07, 6.45) is 7.25. The van der Waals surface area contributed by atoms with Gasteiger partial charge in [-0.05, 0) is 92.9 Å². The Hall–Kier alpha value is -4.50. The summed E-state index contributed by atoms with van der Waals surface area (Å²) in [5, 5.41) is 14.5. The lowest BCUT2D eigenvalue weighted by Gasteiger charge is -2.22. The second-order valence-electron chi connectivity index (χ2n) is 11.3. The van der Waals surface area contributed by atoms with Crippen LogP contribution in [0.1, 0.15) is 76.7 Å². The summed E-state index contributed by atoms with van der Waals surface area (Å²) < 4.78 is 10.4. The van der Waals surface area contributed by atoms with Gasteiger partial charge < -0.3 is 14.4 Å². The molecule has 0 saturated heterocycles. The summed E-state index contributed by atoms with van der Waals surface area (Å²) in [4.78, 5) is 29.9. The van der Waals surface area contributed by atoms with E-state index in [4.69, 9.17) is 14.8 Å². The van der Waals surface area contributed by atoms with Crippen LogP contribution in [0, 0.1) is 13.8 Å². The van der Waals surface area contributed by atoms with Crippen molar-refractivity contribution in [2.45, 2.75) is 58.5 Å². The smallest absolute Gasteiger partial charge is 0.335 e. The van der Waals surface area contributed by atoms with E-state index in [1.54, 1.807) is 24.4 Å². The number of hydrogen-bond donors (Lipinski definition) is 1. The second kappa shape index (κ2) is 12.6. The van der Waals surface area contributed by atoms with Crippen LogP contribution in [0.25, 0.3) is 16.6 Å². The third-order valence-electron chi connectivity index (χ3n) is 8.26. The van der Waals surface area contributed by atoms with Crippen molar-refractivity contribution in [3.63, 3.8) is 0 Å². The number of benzene rings is 3. The van der Waals surface area contributed by atoms with Crippen LogP contribution in [0.3, 0.4) is 0 Å². The molecule has 2 heterocycles. The first-order chi connectivity index (χ1) is 21.3. The molecule has 0 atom stereocenters. The number of nitrogens with zero attached hydrogens (tertiary/aromatic N) is 4. The highest BCUT2D eigenvalue weighted by Crippen LogP contribution is 2.32. The van der Waals surface area contributed by atoms with E-state index in [1.165, 1.54) is 11.1 Å². The molecule has 0 unspecified atom stereocenters. The molecule has 1 N–H and O–H groups in total. The SMILES string of the molecule is Cc1cc(C=Nn2c(C3CCCCC3)nc3ccc(Br)cc3c2=O)c(C)n1-c1ccc(OCc2cccc(C(=O)O)c2)cc1. The molecular weight excluding hydrogens is 620 g/mol. The normalized spacial score (nSPS) is 14.0. The average Bonchev–Trinajstić information content (AvgIpc) is 3.32. The molecular formula is C35H33BrN4O4. The lowest BCUT2D eigenvalue weighted by atomic mass is 9.88. The van der Waals surface area contributed by atoms with Gasteiger partial charge in [-0.2, -0.15) is 9.78 Å². The minimum atomic E-state index is -0.961. The number of aromatic nitrogens is 3. The van der Waals surface area contributed by atoms with E-state index in [2.05, 4.69) is 26.6 Å². The molecule has 3 aromatic carbocycles. The minimum Gasteiger partial charge on any atom is -0.489 e. The van der Waals surface area contributed by atoms with Gasteiger partial charge in [0.2, 0.25) is 0 Å². The van der Waals surface area contributed by atoms with Gasteiger partial charge in [-0.3, -0.25) is 4.79 Å². The first-order valence-corrected chi connectivity index (χ1v) is 15.6. The van der Waals surface area contributed by atoms with Gasteiger partial charge in [0.15, 0.2) is 0 Å². The summed E-state index contributed by atoms with van der Waals surface area (Å²) in [6.45, 7) is 4.35. The molecule has 0 amide bonds. The van der Waals surface area contributed by atoms with Crippen molar-refractivity contribution < 1.29 is 14.6 Å². The van der Waals surface area contributed by atoms with Crippen LogP contribution in [0.5, 0.6) is 5.75 Å². The van der Waals surface area contributed by atoms with Crippen LogP contribution in [-0.2, 0) is 6.61 Å². The van der Waals surface area contributed by atoms with Crippen LogP contribution in [0.15, 0.2) is 87.2 Å². The van der Waals surface area contributed by atoms with Crippen molar-refractivity contribution in [1.82, 2.24) is 14.2 Å². The van der Waals surface area contributed by atoms with Crippen molar-refractivity contribution in [1.29, 1.82) is 0 Å². The molecule has 0 aliphatic heterocycles. The molecule has 0 radical (unpaired) electrons. The maximum Gasteiger partial charge on any atom is 0.335 e. The third kappa shape index (κ3) is 6.10. The van der Waals surface area contributed by atoms with E-state index in [1.807, 2.05) is 62.4 Å². The monoisotopic (exact) mass is 652 g/mol. The van der Waals surface area contributed by atoms with Crippen molar-refractivity contribution >= 4 is 39.0 Å². The van der Waals surface area contributed by atoms with E-state index in [0.717, 1.165) is 64.2 Å². The van der Waals surface area contributed by atoms with Gasteiger partial charge in [0.1, 0.15) is 18.2 Å². The number of carboxylic acid groups (broad SMARTS) is 1. The topological polar surface area (TPSA) is 98.7 Å². The van der Waals surface area contributed by atoms with Crippen LogP contribution in [0.2, 0.25) is 0 Å². The second-order valence-corrected chi connectivity index (χ2v) is 12.2. The highest BCUT2D eigenvalue weighted by molar-refractivity contribution is 9.10. The Kier molecular flexibility index (Phi) is 8.48. The zero-order valence-corrected chi connectivity index (χ0v) is 26.3. The summed E-state index contributed by atoms with van der Waals surface area (Å²) in [5.41, 5.74) is 5.47. The minimum absolute atomic E-state index is 0.160. The Morgan fingerprint density at radius 1 is 1.05 bits per heavy atom. The molecule has 6 rings (SSSR count). The van der Waals surface area contributed by atoms with Crippen LogP contribution in [0.4, 0.5) is 0 Å². The highest BCUT2D eigenvalue weighted by Gasteiger charge is 2.23. The third-order valence-corrected chi connectivity index (χ3v) is 8.75. The fourth-order valence-electron chi connectivity index (χ4n) is 5.99. The highest BCUT2D eigenvalue weighted by atomic mass is 79.9. The van der Waals surface area contributed by atoms with Gasteiger partial charge in [0.25, 0.3) is 5.56 Å². The Balaban J connectivity index is 1.27. The Bertz CT molecular complexity index is 1940. The molecule has 44 heavy (non-hydrogen) atoms. The molecule has 5 aromatic rings. The first-order valence-electron chi connectivity index (χ1n) is 14.8. The van der Waals surface area contributed by atoms with E-state index in [-0.39, 0.29) is 23.6 Å². The molecule has 1 fully saturated rings.